The predicted molar refractivity (Wildman–Crippen MR) is 254 cm³/mol. The van der Waals surface area contributed by atoms with E-state index in [2.05, 4.69) is 0 Å². The van der Waals surface area contributed by atoms with E-state index in [1.165, 1.54) is 4.57 Å². The topological polar surface area (TPSA) is 56.7 Å². The molecule has 0 saturated carbocycles. The quantitative estimate of drug-likeness (QED) is 0.161. The van der Waals surface area contributed by atoms with Crippen LogP contribution in [0.2, 0.25) is 0 Å². The molecule has 290 valence electrons. The van der Waals surface area contributed by atoms with Crippen LogP contribution in [0.15, 0.2) is 223 Å². The van der Waals surface area contributed by atoms with E-state index in [0.717, 1.165) is 27.5 Å². The van der Waals surface area contributed by atoms with Gasteiger partial charge in [0.1, 0.15) is 11.2 Å². The zero-order valence-corrected chi connectivity index (χ0v) is 32.6. The third-order valence-corrected chi connectivity index (χ3v) is 11.0. The molecule has 3 heterocycles. The summed E-state index contributed by atoms with van der Waals surface area (Å²) < 4.78 is 116. The van der Waals surface area contributed by atoms with Gasteiger partial charge in [-0.05, 0) is 87.9 Å². The van der Waals surface area contributed by atoms with E-state index in [-0.39, 0.29) is 39.1 Å². The number of fused-ring (bicyclic) bond motifs is 6. The van der Waals surface area contributed by atoms with Crippen LogP contribution in [0.1, 0.15) is 16.4 Å². The van der Waals surface area contributed by atoms with Gasteiger partial charge in [0.2, 0.25) is 0 Å². The van der Waals surface area contributed by atoms with Gasteiger partial charge in [0.25, 0.3) is 0 Å². The molecule has 5 heteroatoms. The minimum Gasteiger partial charge on any atom is -0.456 e. The van der Waals surface area contributed by atoms with E-state index in [9.17, 15) is 6.85 Å². The molecule has 0 unspecified atom stereocenters. The zero-order chi connectivity index (χ0) is 51.4. The summed E-state index contributed by atoms with van der Waals surface area (Å²) >= 11 is 0. The molecule has 0 bridgehead atoms. The highest BCUT2D eigenvalue weighted by molar-refractivity contribution is 6.11. The average molecular weight is 805 g/mol. The van der Waals surface area contributed by atoms with Crippen LogP contribution in [-0.2, 0) is 0 Å². The normalized spacial score (nSPS) is 14.3. The van der Waals surface area contributed by atoms with Crippen molar-refractivity contribution in [1.82, 2.24) is 19.5 Å². The minimum absolute atomic E-state index is 0.130. The SMILES string of the molecule is [2H]c1c([2H])c([2H])c(-c2c([2H])c([2H])c3c(c2[2H])c2c([2H])c([2H])c([2H])c([2H])c2n3-c2ccc(-c3cccc(-c4ccccc4)c3)cc2-c2nc(-c3ccccc3)nc(-c3ccc4c(c3)oc3ccccc34)n2)c([2H])c1[2H]. The molecule has 3 aromatic heterocycles. The maximum atomic E-state index is 9.80. The van der Waals surface area contributed by atoms with Crippen LogP contribution >= 0.6 is 0 Å². The lowest BCUT2D eigenvalue weighted by atomic mass is 9.97. The Morgan fingerprint density at radius 2 is 1.00 bits per heavy atom. The molecule has 62 heavy (non-hydrogen) atoms. The van der Waals surface area contributed by atoms with Gasteiger partial charge in [-0.1, -0.05) is 164 Å². The Bertz CT molecular complexity index is 4320. The van der Waals surface area contributed by atoms with Crippen molar-refractivity contribution in [2.45, 2.75) is 0 Å². The van der Waals surface area contributed by atoms with Crippen molar-refractivity contribution in [2.75, 3.05) is 0 Å². The molecule has 0 fully saturated rings. The number of para-hydroxylation sites is 2. The van der Waals surface area contributed by atoms with Crippen molar-refractivity contribution in [3.8, 4) is 73.2 Å². The van der Waals surface area contributed by atoms with Crippen molar-refractivity contribution < 1.29 is 20.9 Å². The smallest absolute Gasteiger partial charge is 0.166 e. The zero-order valence-electron chi connectivity index (χ0n) is 44.6. The van der Waals surface area contributed by atoms with Gasteiger partial charge < -0.3 is 8.98 Å². The molecule has 9 aromatic carbocycles. The Morgan fingerprint density at radius 1 is 0.371 bits per heavy atom. The lowest BCUT2D eigenvalue weighted by molar-refractivity contribution is 0.669. The molecule has 0 spiro atoms. The van der Waals surface area contributed by atoms with Crippen molar-refractivity contribution >= 4 is 43.7 Å². The molecule has 0 N–H and O–H groups in total. The largest absolute Gasteiger partial charge is 0.456 e. The van der Waals surface area contributed by atoms with E-state index in [0.29, 0.717) is 39.2 Å². The Balaban J connectivity index is 1.20. The molecule has 12 aromatic rings. The second kappa shape index (κ2) is 14.7. The molecule has 0 atom stereocenters. The average Bonchev–Trinajstić information content (AvgIpc) is 4.01. The van der Waals surface area contributed by atoms with E-state index in [4.69, 9.17) is 29.0 Å². The molecular formula is C57H36N4O. The van der Waals surface area contributed by atoms with E-state index < -0.39 is 83.6 Å². The highest BCUT2D eigenvalue weighted by Crippen LogP contribution is 2.40. The van der Waals surface area contributed by atoms with Gasteiger partial charge in [-0.25, -0.2) is 15.0 Å². The molecule has 0 aliphatic heterocycles. The fraction of sp³-hybridized carbons (Fsp3) is 0. The summed E-state index contributed by atoms with van der Waals surface area (Å²) in [5.41, 5.74) is 5.30. The van der Waals surface area contributed by atoms with Crippen LogP contribution in [0.4, 0.5) is 0 Å². The van der Waals surface area contributed by atoms with Crippen LogP contribution in [-0.4, -0.2) is 19.5 Å². The van der Waals surface area contributed by atoms with Gasteiger partial charge in [0, 0.05) is 38.2 Å². The Morgan fingerprint density at radius 3 is 1.84 bits per heavy atom. The molecule has 0 aliphatic carbocycles. The lowest BCUT2D eigenvalue weighted by Gasteiger charge is -2.17. The predicted octanol–water partition coefficient (Wildman–Crippen LogP) is 14.9. The second-order valence-corrected chi connectivity index (χ2v) is 14.7. The molecule has 0 saturated heterocycles. The van der Waals surface area contributed by atoms with Crippen molar-refractivity contribution in [3.05, 3.63) is 218 Å². The molecule has 12 rings (SSSR count). The van der Waals surface area contributed by atoms with E-state index >= 15 is 0 Å². The third-order valence-electron chi connectivity index (χ3n) is 11.0. The van der Waals surface area contributed by atoms with Gasteiger partial charge in [-0.2, -0.15) is 0 Å². The van der Waals surface area contributed by atoms with Crippen LogP contribution in [0.3, 0.4) is 0 Å². The summed E-state index contributed by atoms with van der Waals surface area (Å²) in [7, 11) is 0. The number of rotatable bonds is 7. The van der Waals surface area contributed by atoms with Crippen LogP contribution in [0.5, 0.6) is 0 Å². The molecule has 5 nitrogen and oxygen atoms in total. The first-order chi connectivity index (χ1) is 35.7. The van der Waals surface area contributed by atoms with Crippen molar-refractivity contribution in [1.29, 1.82) is 0 Å². The maximum absolute atomic E-state index is 9.80. The summed E-state index contributed by atoms with van der Waals surface area (Å²) in [6.07, 6.45) is 0. The van der Waals surface area contributed by atoms with Crippen molar-refractivity contribution in [3.63, 3.8) is 0 Å². The standard InChI is InChI=1S/C57H36N4O/c1-4-15-37(16-5-1)40-21-14-22-41(33-40)43-29-32-52(61-50-25-12-10-23-45(50)48-34-42(28-31-51(48)61)38-17-6-2-7-18-38)49(35-43)57-59-55(39-19-8-3-9-20-39)58-56(60-57)44-27-30-47-46-24-11-13-26-53(46)62-54(47)36-44/h1-36H/i2D,6D,7D,10D,12D,17D,18D,23D,25D,28D,31D,34D. The first-order valence-corrected chi connectivity index (χ1v) is 19.9. The van der Waals surface area contributed by atoms with E-state index in [1.54, 1.807) is 6.07 Å². The van der Waals surface area contributed by atoms with Gasteiger partial charge in [-0.3, -0.25) is 0 Å². The fourth-order valence-electron chi connectivity index (χ4n) is 8.06. The highest BCUT2D eigenvalue weighted by atomic mass is 16.3. The monoisotopic (exact) mass is 804 g/mol. The fourth-order valence-corrected chi connectivity index (χ4v) is 8.06. The summed E-state index contributed by atoms with van der Waals surface area (Å²) in [6.45, 7) is 0. The number of benzene rings is 9. The number of aromatic nitrogens is 4. The molecule has 0 radical (unpaired) electrons. The van der Waals surface area contributed by atoms with Gasteiger partial charge >= 0.3 is 0 Å². The number of nitrogens with zero attached hydrogens (tertiary/aromatic N) is 4. The maximum Gasteiger partial charge on any atom is 0.166 e. The molecule has 0 amide bonds. The molecular weight excluding hydrogens is 757 g/mol. The summed E-state index contributed by atoms with van der Waals surface area (Å²) in [6, 6.07) is 38.4. The first kappa shape index (κ1) is 25.3. The number of hydrogen-bond acceptors (Lipinski definition) is 4. The van der Waals surface area contributed by atoms with Crippen LogP contribution < -0.4 is 0 Å². The summed E-state index contributed by atoms with van der Waals surface area (Å²) in [5.74, 6) is 0.701. The second-order valence-electron chi connectivity index (χ2n) is 14.7. The Kier molecular flexibility index (Phi) is 5.99. The number of furan rings is 1. The third kappa shape index (κ3) is 6.14. The van der Waals surface area contributed by atoms with Crippen LogP contribution in [0.25, 0.3) is 117 Å². The number of hydrogen-bond donors (Lipinski definition) is 0. The Labute approximate surface area is 374 Å². The van der Waals surface area contributed by atoms with Gasteiger partial charge in [0.15, 0.2) is 17.5 Å². The van der Waals surface area contributed by atoms with Gasteiger partial charge in [0.05, 0.1) is 33.2 Å². The summed E-state index contributed by atoms with van der Waals surface area (Å²) in [5, 5.41) is 1.47. The minimum atomic E-state index is -0.709. The summed E-state index contributed by atoms with van der Waals surface area (Å²) in [4.78, 5) is 15.3. The lowest BCUT2D eigenvalue weighted by Crippen LogP contribution is -2.04. The Hall–Kier alpha value is -8.41. The van der Waals surface area contributed by atoms with Crippen LogP contribution in [0, 0.1) is 0 Å². The first-order valence-electron chi connectivity index (χ1n) is 25.9. The highest BCUT2D eigenvalue weighted by Gasteiger charge is 2.21. The van der Waals surface area contributed by atoms with E-state index in [1.807, 2.05) is 140 Å². The molecule has 0 aliphatic rings. The van der Waals surface area contributed by atoms with Gasteiger partial charge in [-0.15, -0.1) is 0 Å². The van der Waals surface area contributed by atoms with Crippen molar-refractivity contribution in [2.24, 2.45) is 0 Å².